The van der Waals surface area contributed by atoms with E-state index in [4.69, 9.17) is 12.2 Å². The zero-order valence-corrected chi connectivity index (χ0v) is 16.3. The Labute approximate surface area is 163 Å². The molecule has 0 aliphatic carbocycles. The zero-order chi connectivity index (χ0) is 19.6. The fourth-order valence-electron chi connectivity index (χ4n) is 3.16. The Balaban J connectivity index is 1.79. The number of benzene rings is 2. The molecule has 0 spiro atoms. The Morgan fingerprint density at radius 2 is 1.85 bits per heavy atom. The summed E-state index contributed by atoms with van der Waals surface area (Å²) in [7, 11) is 0. The van der Waals surface area contributed by atoms with Crippen molar-refractivity contribution < 1.29 is 9.59 Å². The van der Waals surface area contributed by atoms with Gasteiger partial charge in [0, 0.05) is 5.69 Å². The third kappa shape index (κ3) is 3.50. The lowest BCUT2D eigenvalue weighted by atomic mass is 9.87. The third-order valence-electron chi connectivity index (χ3n) is 4.74. The van der Waals surface area contributed by atoms with Gasteiger partial charge in [0.15, 0.2) is 5.11 Å². The molecule has 6 nitrogen and oxygen atoms in total. The summed E-state index contributed by atoms with van der Waals surface area (Å²) in [5.74, 6) is -0.383. The van der Waals surface area contributed by atoms with Gasteiger partial charge < -0.3 is 10.6 Å². The van der Waals surface area contributed by atoms with Crippen LogP contribution in [0.3, 0.4) is 0 Å². The van der Waals surface area contributed by atoms with Crippen LogP contribution in [0.25, 0.3) is 0 Å². The molecule has 7 heteroatoms. The molecule has 140 valence electrons. The quantitative estimate of drug-likeness (QED) is 0.559. The van der Waals surface area contributed by atoms with Crippen molar-refractivity contribution in [1.29, 1.82) is 0 Å². The Hall–Kier alpha value is -2.93. The highest BCUT2D eigenvalue weighted by Crippen LogP contribution is 2.31. The van der Waals surface area contributed by atoms with Crippen molar-refractivity contribution in [3.63, 3.8) is 0 Å². The molecule has 3 rings (SSSR count). The van der Waals surface area contributed by atoms with Crippen LogP contribution in [-0.2, 0) is 10.3 Å². The van der Waals surface area contributed by atoms with Crippen LogP contribution in [0.2, 0.25) is 0 Å². The number of nitrogens with zero attached hydrogens (tertiary/aromatic N) is 1. The van der Waals surface area contributed by atoms with Crippen molar-refractivity contribution in [2.45, 2.75) is 32.7 Å². The van der Waals surface area contributed by atoms with E-state index in [2.05, 4.69) is 16.1 Å². The predicted molar refractivity (Wildman–Crippen MR) is 109 cm³/mol. The Kier molecular flexibility index (Phi) is 5.14. The van der Waals surface area contributed by atoms with Gasteiger partial charge in [-0.05, 0) is 55.2 Å². The molecule has 27 heavy (non-hydrogen) atoms. The molecule has 0 aromatic heterocycles. The van der Waals surface area contributed by atoms with E-state index in [9.17, 15) is 9.59 Å². The number of hydrogen-bond acceptors (Lipinski definition) is 3. The van der Waals surface area contributed by atoms with Gasteiger partial charge in [0.1, 0.15) is 5.54 Å². The first-order valence-electron chi connectivity index (χ1n) is 8.74. The van der Waals surface area contributed by atoms with Crippen LogP contribution >= 0.6 is 12.2 Å². The second-order valence-electron chi connectivity index (χ2n) is 6.58. The van der Waals surface area contributed by atoms with Crippen LogP contribution < -0.4 is 16.1 Å². The lowest BCUT2D eigenvalue weighted by Gasteiger charge is -2.26. The molecule has 0 unspecified atom stereocenters. The largest absolute Gasteiger partial charge is 0.344 e. The number of hydrogen-bond donors (Lipinski definition) is 3. The molecule has 3 amide bonds. The lowest BCUT2D eigenvalue weighted by Crippen LogP contribution is -2.49. The molecule has 2 aromatic carbocycles. The molecule has 3 N–H and O–H groups in total. The number of amides is 3. The predicted octanol–water partition coefficient (Wildman–Crippen LogP) is 3.36. The van der Waals surface area contributed by atoms with Gasteiger partial charge in [-0.25, -0.2) is 4.79 Å². The number of carbonyl (C=O) groups is 2. The normalized spacial score (nSPS) is 19.0. The van der Waals surface area contributed by atoms with Gasteiger partial charge in [0.25, 0.3) is 5.91 Å². The van der Waals surface area contributed by atoms with Crippen molar-refractivity contribution >= 4 is 35.0 Å². The molecule has 0 saturated carbocycles. The minimum Gasteiger partial charge on any atom is -0.331 e. The zero-order valence-electron chi connectivity index (χ0n) is 15.5. The monoisotopic (exact) mass is 382 g/mol. The Morgan fingerprint density at radius 1 is 1.15 bits per heavy atom. The number of nitrogens with one attached hydrogen (secondary N) is 3. The van der Waals surface area contributed by atoms with Crippen molar-refractivity contribution in [3.8, 4) is 0 Å². The average molecular weight is 382 g/mol. The molecule has 1 atom stereocenters. The van der Waals surface area contributed by atoms with Gasteiger partial charge in [-0.2, -0.15) is 5.01 Å². The van der Waals surface area contributed by atoms with Gasteiger partial charge in [-0.3, -0.25) is 10.2 Å². The van der Waals surface area contributed by atoms with Crippen LogP contribution in [0.4, 0.5) is 10.5 Å². The SMILES string of the molecule is CC[C@]1(c2ccccc2)NC(=O)N(NC(=S)Nc2cc(C)ccc2C)C1=O. The van der Waals surface area contributed by atoms with E-state index in [1.54, 1.807) is 0 Å². The maximum Gasteiger partial charge on any atom is 0.344 e. The molecule has 0 radical (unpaired) electrons. The average Bonchev–Trinajstić information content (AvgIpc) is 2.90. The highest BCUT2D eigenvalue weighted by Gasteiger charge is 2.51. The smallest absolute Gasteiger partial charge is 0.331 e. The number of rotatable bonds is 4. The number of urea groups is 1. The van der Waals surface area contributed by atoms with Crippen LogP contribution in [0.15, 0.2) is 48.5 Å². The van der Waals surface area contributed by atoms with Crippen LogP contribution in [0.5, 0.6) is 0 Å². The number of imide groups is 1. The summed E-state index contributed by atoms with van der Waals surface area (Å²) < 4.78 is 0. The fourth-order valence-corrected chi connectivity index (χ4v) is 3.36. The topological polar surface area (TPSA) is 73.5 Å². The summed E-state index contributed by atoms with van der Waals surface area (Å²) in [6.45, 7) is 5.80. The first-order chi connectivity index (χ1) is 12.9. The third-order valence-corrected chi connectivity index (χ3v) is 4.94. The second kappa shape index (κ2) is 7.36. The van der Waals surface area contributed by atoms with Crippen LogP contribution in [0, 0.1) is 13.8 Å². The van der Waals surface area contributed by atoms with Gasteiger partial charge in [-0.1, -0.05) is 49.4 Å². The number of carbonyl (C=O) groups excluding carboxylic acids is 2. The first-order valence-corrected chi connectivity index (χ1v) is 9.15. The molecule has 1 aliphatic rings. The molecule has 1 fully saturated rings. The van der Waals surface area contributed by atoms with Crippen LogP contribution in [-0.4, -0.2) is 22.1 Å². The van der Waals surface area contributed by atoms with Crippen molar-refractivity contribution in [2.75, 3.05) is 5.32 Å². The van der Waals surface area contributed by atoms with Gasteiger partial charge in [-0.15, -0.1) is 0 Å². The van der Waals surface area contributed by atoms with Crippen LogP contribution in [0.1, 0.15) is 30.0 Å². The summed E-state index contributed by atoms with van der Waals surface area (Å²) in [6, 6.07) is 14.6. The molecule has 0 bridgehead atoms. The number of thiocarbonyl (C=S) groups is 1. The highest BCUT2D eigenvalue weighted by atomic mass is 32.1. The second-order valence-corrected chi connectivity index (χ2v) is 6.99. The van der Waals surface area contributed by atoms with Crippen molar-refractivity contribution in [1.82, 2.24) is 15.8 Å². The van der Waals surface area contributed by atoms with E-state index in [1.807, 2.05) is 69.3 Å². The van der Waals surface area contributed by atoms with Gasteiger partial charge >= 0.3 is 6.03 Å². The summed E-state index contributed by atoms with van der Waals surface area (Å²) in [5, 5.41) is 6.98. The standard InChI is InChI=1S/C20H22N4O2S/c1-4-20(15-8-6-5-7-9-15)17(25)24(19(26)22-20)23-18(27)21-16-12-13(2)10-11-14(16)3/h5-12H,4H2,1-3H3,(H,22,26)(H2,21,23,27)/t20-/m1/s1. The minimum absolute atomic E-state index is 0.173. The summed E-state index contributed by atoms with van der Waals surface area (Å²) in [6.07, 6.45) is 0.428. The van der Waals surface area contributed by atoms with Gasteiger partial charge in [0.2, 0.25) is 0 Å². The number of hydrazine groups is 1. The van der Waals surface area contributed by atoms with E-state index >= 15 is 0 Å². The maximum absolute atomic E-state index is 13.1. The minimum atomic E-state index is -1.10. The molecule has 1 saturated heterocycles. The first kappa shape index (κ1) is 18.8. The molecule has 1 aliphatic heterocycles. The van der Waals surface area contributed by atoms with E-state index in [1.165, 1.54) is 0 Å². The lowest BCUT2D eigenvalue weighted by molar-refractivity contribution is -0.133. The molecule has 2 aromatic rings. The number of anilines is 1. The molecule has 1 heterocycles. The van der Waals surface area contributed by atoms with E-state index in [-0.39, 0.29) is 11.0 Å². The summed E-state index contributed by atoms with van der Waals surface area (Å²) in [4.78, 5) is 25.6. The van der Waals surface area contributed by atoms with Crippen molar-refractivity contribution in [3.05, 3.63) is 65.2 Å². The van der Waals surface area contributed by atoms with Gasteiger partial charge in [0.05, 0.1) is 0 Å². The maximum atomic E-state index is 13.1. The summed E-state index contributed by atoms with van der Waals surface area (Å²) >= 11 is 5.31. The van der Waals surface area contributed by atoms with E-state index < -0.39 is 11.6 Å². The summed E-state index contributed by atoms with van der Waals surface area (Å²) in [5.41, 5.74) is 5.28. The highest BCUT2D eigenvalue weighted by molar-refractivity contribution is 7.80. The number of aryl methyl sites for hydroxylation is 2. The van der Waals surface area contributed by atoms with E-state index in [0.717, 1.165) is 27.4 Å². The molecular weight excluding hydrogens is 360 g/mol. The Morgan fingerprint density at radius 3 is 2.52 bits per heavy atom. The van der Waals surface area contributed by atoms with Crippen molar-refractivity contribution in [2.24, 2.45) is 0 Å². The Bertz CT molecular complexity index is 900. The van der Waals surface area contributed by atoms with E-state index in [0.29, 0.717) is 6.42 Å². The fraction of sp³-hybridized carbons (Fsp3) is 0.250. The molecular formula is C20H22N4O2S.